The van der Waals surface area contributed by atoms with Crippen LogP contribution in [0.4, 0.5) is 29.3 Å². The number of carbonyl (C=O) groups is 4. The smallest absolute Gasteiger partial charge is 0.416 e. The van der Waals surface area contributed by atoms with E-state index in [9.17, 15) is 47.0 Å². The number of nitro groups is 1. The first-order valence-corrected chi connectivity index (χ1v) is 23.8. The van der Waals surface area contributed by atoms with Gasteiger partial charge in [0.2, 0.25) is 5.79 Å². The lowest BCUT2D eigenvalue weighted by atomic mass is 9.76. The average Bonchev–Trinajstić information content (AvgIpc) is 3.28. The predicted molar refractivity (Wildman–Crippen MR) is 252 cm³/mol. The third-order valence-corrected chi connectivity index (χ3v) is 11.4. The second-order valence-electron chi connectivity index (χ2n) is 16.4. The number of benzene rings is 4. The Morgan fingerprint density at radius 1 is 0.986 bits per heavy atom. The molecule has 388 valence electrons. The molecule has 0 radical (unpaired) electrons. The van der Waals surface area contributed by atoms with Crippen molar-refractivity contribution < 1.29 is 85.1 Å². The number of nitro benzene ring substituents is 1. The summed E-state index contributed by atoms with van der Waals surface area (Å²) in [6, 6.07) is 16.9. The van der Waals surface area contributed by atoms with Gasteiger partial charge < -0.3 is 49.5 Å². The molecule has 4 aromatic rings. The highest BCUT2D eigenvalue weighted by Gasteiger charge is 2.42. The van der Waals surface area contributed by atoms with Gasteiger partial charge in [0, 0.05) is 69.8 Å². The van der Waals surface area contributed by atoms with Gasteiger partial charge in [0.25, 0.3) is 5.69 Å². The second kappa shape index (κ2) is 25.1. The van der Waals surface area contributed by atoms with E-state index in [0.29, 0.717) is 23.3 Å². The van der Waals surface area contributed by atoms with E-state index in [4.69, 9.17) is 60.6 Å². The maximum Gasteiger partial charge on any atom is 0.416 e. The molecule has 4 unspecified atom stereocenters. The van der Waals surface area contributed by atoms with Crippen molar-refractivity contribution in [3.05, 3.63) is 111 Å². The molecule has 25 heteroatoms. The van der Waals surface area contributed by atoms with Gasteiger partial charge in [0.05, 0.1) is 29.2 Å². The number of nitrogens with one attached hydrogen (secondary N) is 1. The molecule has 5 rings (SSSR count). The van der Waals surface area contributed by atoms with Crippen molar-refractivity contribution in [2.75, 3.05) is 46.0 Å². The Balaban J connectivity index is 0.000000311. The number of hydrogen-bond donors (Lipinski definition) is 4. The van der Waals surface area contributed by atoms with Crippen LogP contribution in [0.25, 0.3) is 0 Å². The van der Waals surface area contributed by atoms with E-state index in [1.54, 1.807) is 38.3 Å². The molecule has 1 aliphatic rings. The third-order valence-electron chi connectivity index (χ3n) is 10.1. The zero-order chi connectivity index (χ0) is 53.6. The van der Waals surface area contributed by atoms with E-state index in [2.05, 4.69) is 19.2 Å². The maximum absolute atomic E-state index is 12.8. The Morgan fingerprint density at radius 3 is 2.13 bits per heavy atom. The van der Waals surface area contributed by atoms with Crippen LogP contribution in [-0.4, -0.2) is 103 Å². The average molecular weight is 1040 g/mol. The van der Waals surface area contributed by atoms with E-state index in [-0.39, 0.29) is 47.2 Å². The zero-order valence-electron chi connectivity index (χ0n) is 40.0. The summed E-state index contributed by atoms with van der Waals surface area (Å²) in [5.41, 5.74) is 4.61. The number of carboxylic acids is 1. The first-order chi connectivity index (χ1) is 32.9. The number of hydrogen-bond acceptors (Lipinski definition) is 15. The molecule has 5 N–H and O–H groups in total. The molecular formula is C46H55ClF3N4O16P. The van der Waals surface area contributed by atoms with Crippen LogP contribution in [-0.2, 0) is 44.8 Å². The Labute approximate surface area is 411 Å². The third kappa shape index (κ3) is 18.0. The van der Waals surface area contributed by atoms with E-state index in [0.717, 1.165) is 53.1 Å². The number of anilines is 1. The quantitative estimate of drug-likeness (QED) is 0.0352. The number of ether oxygens (including phenoxy) is 6. The molecule has 20 nitrogen and oxygen atoms in total. The number of fused-ring (bicyclic) bond motifs is 1. The highest BCUT2D eigenvalue weighted by molar-refractivity contribution is 7.57. The molecular weight excluding hydrogens is 988 g/mol. The summed E-state index contributed by atoms with van der Waals surface area (Å²) < 4.78 is 81.5. The number of nitrogens with two attached hydrogens (primary N) is 1. The molecule has 0 aromatic heterocycles. The molecule has 0 fully saturated rings. The van der Waals surface area contributed by atoms with Crippen LogP contribution in [0.15, 0.2) is 78.9 Å². The molecule has 4 aromatic carbocycles. The lowest BCUT2D eigenvalue weighted by Gasteiger charge is -2.43. The van der Waals surface area contributed by atoms with Crippen LogP contribution in [0.2, 0.25) is 5.02 Å². The van der Waals surface area contributed by atoms with Crippen molar-refractivity contribution in [1.29, 1.82) is 0 Å². The van der Waals surface area contributed by atoms with Crippen molar-refractivity contribution in [3.63, 3.8) is 0 Å². The molecule has 0 spiro atoms. The second-order valence-corrected chi connectivity index (χ2v) is 19.3. The Morgan fingerprint density at radius 2 is 1.59 bits per heavy atom. The highest BCUT2D eigenvalue weighted by Crippen LogP contribution is 2.47. The molecule has 2 amide bonds. The van der Waals surface area contributed by atoms with Gasteiger partial charge in [-0.05, 0) is 80.3 Å². The number of carbonyl (C=O) groups excluding carboxylic acids is 3. The fourth-order valence-electron chi connectivity index (χ4n) is 6.34. The van der Waals surface area contributed by atoms with Gasteiger partial charge in [0.15, 0.2) is 13.5 Å². The lowest BCUT2D eigenvalue weighted by molar-refractivity contribution is -0.385. The number of aliphatic carboxylic acids is 1. The fourth-order valence-corrected chi connectivity index (χ4v) is 7.32. The van der Waals surface area contributed by atoms with Gasteiger partial charge in [-0.3, -0.25) is 24.3 Å². The number of methoxy groups -OCH3 is 1. The zero-order valence-corrected chi connectivity index (χ0v) is 41.7. The molecule has 4 atom stereocenters. The van der Waals surface area contributed by atoms with Crippen molar-refractivity contribution >= 4 is 54.3 Å². The van der Waals surface area contributed by atoms with Gasteiger partial charge in [0.1, 0.15) is 40.4 Å². The van der Waals surface area contributed by atoms with Crippen molar-refractivity contribution in [2.24, 2.45) is 5.73 Å². The van der Waals surface area contributed by atoms with Crippen molar-refractivity contribution in [3.8, 4) is 28.7 Å². The molecule has 0 aliphatic carbocycles. The number of alkyl halides is 3. The number of rotatable bonds is 16. The predicted octanol–water partition coefficient (Wildman–Crippen LogP) is 9.78. The molecule has 0 saturated carbocycles. The van der Waals surface area contributed by atoms with Crippen LogP contribution in [0, 0.1) is 10.1 Å². The van der Waals surface area contributed by atoms with E-state index in [1.165, 1.54) is 27.7 Å². The van der Waals surface area contributed by atoms with Crippen LogP contribution in [0.1, 0.15) is 68.9 Å². The summed E-state index contributed by atoms with van der Waals surface area (Å²) in [6.45, 7) is 10.3. The number of halogens is 4. The normalized spacial score (nSPS) is 16.2. The molecule has 1 aliphatic heterocycles. The van der Waals surface area contributed by atoms with E-state index < -0.39 is 71.1 Å². The summed E-state index contributed by atoms with van der Waals surface area (Å²) in [7, 11) is 1.51. The van der Waals surface area contributed by atoms with Crippen LogP contribution in [0.5, 0.6) is 28.7 Å². The van der Waals surface area contributed by atoms with Gasteiger partial charge in [-0.1, -0.05) is 31.5 Å². The molecule has 1 heterocycles. The summed E-state index contributed by atoms with van der Waals surface area (Å²) in [4.78, 5) is 69.9. The first-order valence-electron chi connectivity index (χ1n) is 21.2. The highest BCUT2D eigenvalue weighted by atomic mass is 35.5. The largest absolute Gasteiger partial charge is 0.480 e. The summed E-state index contributed by atoms with van der Waals surface area (Å²) in [5, 5.41) is 23.0. The Bertz CT molecular complexity index is 2580. The topological polar surface area (TPSA) is 275 Å². The number of carboxylic acid groups (broad SMARTS) is 1. The van der Waals surface area contributed by atoms with Crippen LogP contribution >= 0.6 is 19.0 Å². The molecule has 71 heavy (non-hydrogen) atoms. The molecule has 0 bridgehead atoms. The number of amides is 2. The number of esters is 2. The van der Waals surface area contributed by atoms with E-state index >= 15 is 0 Å². The van der Waals surface area contributed by atoms with Gasteiger partial charge >= 0.3 is 30.1 Å². The summed E-state index contributed by atoms with van der Waals surface area (Å²) in [5.74, 6) is -2.11. The minimum atomic E-state index is -4.61. The minimum Gasteiger partial charge on any atom is -0.480 e. The number of urea groups is 1. The van der Waals surface area contributed by atoms with Gasteiger partial charge in [-0.2, -0.15) is 13.2 Å². The van der Waals surface area contributed by atoms with Crippen molar-refractivity contribution in [1.82, 2.24) is 5.06 Å². The van der Waals surface area contributed by atoms with Crippen LogP contribution < -0.4 is 25.3 Å². The fraction of sp³-hybridized carbons (Fsp3) is 0.391. The van der Waals surface area contributed by atoms with Gasteiger partial charge in [-0.25, -0.2) is 19.4 Å². The Kier molecular flexibility index (Phi) is 20.8. The van der Waals surface area contributed by atoms with Crippen LogP contribution in [0.3, 0.4) is 0 Å². The number of nitrogens with zero attached hydrogens (tertiary/aromatic N) is 2. The van der Waals surface area contributed by atoms with E-state index in [1.807, 2.05) is 25.1 Å². The maximum atomic E-state index is 12.8. The standard InChI is InChI=1S/C22H28N2O5.C19H15ClF3NO7.C5H12NO4P/c1-21(2)14-22(3,26-5)29-19-13-17(11-12-18(19)21)28-16-9-7-15(8-10-16)23-20(25)24(4)27-6;1-3-29-17(25)10(2)30-18(26)13-9-12(5-6-15(13)24(27)28)31-16-7-4-11(8-14(16)20)19(21,22)23;1-11(9,10)3-2-4(6)5(7)8/h7-13H,14H2,1-6H3,(H,23,25);4-10H,3H2,1-2H3;4H,2-3,6H2,1H3,(H,7,8)(H,9,10). The van der Waals surface area contributed by atoms with Crippen molar-refractivity contribution in [2.45, 2.75) is 77.0 Å². The SMILES string of the molecule is CCOC(=O)C(C)OC(=O)c1cc(Oc2ccc(C(F)(F)F)cc2Cl)ccc1[N+](=O)[O-].CON(C)C(=O)Nc1ccc(Oc2ccc3c(c2)OC(C)(OC)CC3(C)C)cc1.CP(=O)(O)CCC(N)C(=O)O. The summed E-state index contributed by atoms with van der Waals surface area (Å²) >= 11 is 5.83. The monoisotopic (exact) mass is 1040 g/mol. The van der Waals surface area contributed by atoms with Gasteiger partial charge in [-0.15, -0.1) is 0 Å². The first kappa shape index (κ1) is 58.8. The molecule has 0 saturated heterocycles. The lowest BCUT2D eigenvalue weighted by Crippen LogP contribution is -2.45. The summed E-state index contributed by atoms with van der Waals surface area (Å²) in [6.07, 6.45) is -5.18. The number of hydroxylamine groups is 2. The minimum absolute atomic E-state index is 0.0398. The Hall–Kier alpha value is -6.49.